The van der Waals surface area contributed by atoms with Gasteiger partial charge in [0.25, 0.3) is 0 Å². The third-order valence-electron chi connectivity index (χ3n) is 4.06. The maximum atomic E-state index is 5.85. The van der Waals surface area contributed by atoms with Crippen LogP contribution in [0.15, 0.2) is 24.3 Å². The van der Waals surface area contributed by atoms with E-state index in [0.717, 1.165) is 36.8 Å². The van der Waals surface area contributed by atoms with E-state index in [1.165, 1.54) is 12.8 Å². The quantitative estimate of drug-likeness (QED) is 0.806. The molecular weight excluding hydrogens is 250 g/mol. The second kappa shape index (κ2) is 6.30. The molecule has 3 rings (SSSR count). The fourth-order valence-corrected chi connectivity index (χ4v) is 2.87. The normalized spacial score (nSPS) is 25.4. The van der Waals surface area contributed by atoms with Gasteiger partial charge in [-0.2, -0.15) is 0 Å². The molecule has 1 aliphatic carbocycles. The molecule has 3 heteroatoms. The van der Waals surface area contributed by atoms with Crippen molar-refractivity contribution in [3.8, 4) is 18.1 Å². The SMILES string of the molecule is C#CCOc1ccccc1CNC1CCOC1C1CC1. The summed E-state index contributed by atoms with van der Waals surface area (Å²) < 4.78 is 11.4. The van der Waals surface area contributed by atoms with Crippen LogP contribution in [0.3, 0.4) is 0 Å². The van der Waals surface area contributed by atoms with Crippen LogP contribution in [-0.4, -0.2) is 25.4 Å². The van der Waals surface area contributed by atoms with Crippen LogP contribution >= 0.6 is 0 Å². The Morgan fingerprint density at radius 3 is 2.95 bits per heavy atom. The average Bonchev–Trinajstić information content (AvgIpc) is 3.22. The van der Waals surface area contributed by atoms with Crippen LogP contribution in [0.25, 0.3) is 0 Å². The van der Waals surface area contributed by atoms with Crippen LogP contribution in [0.1, 0.15) is 24.8 Å². The maximum absolute atomic E-state index is 5.85. The zero-order valence-electron chi connectivity index (χ0n) is 11.7. The number of ether oxygens (including phenoxy) is 2. The van der Waals surface area contributed by atoms with Gasteiger partial charge in [0.2, 0.25) is 0 Å². The Balaban J connectivity index is 1.59. The predicted octanol–water partition coefficient (Wildman–Crippen LogP) is 2.36. The molecule has 1 N–H and O–H groups in total. The summed E-state index contributed by atoms with van der Waals surface area (Å²) >= 11 is 0. The van der Waals surface area contributed by atoms with E-state index >= 15 is 0 Å². The van der Waals surface area contributed by atoms with Crippen molar-refractivity contribution in [1.82, 2.24) is 5.32 Å². The van der Waals surface area contributed by atoms with Crippen molar-refractivity contribution in [2.24, 2.45) is 5.92 Å². The van der Waals surface area contributed by atoms with Gasteiger partial charge < -0.3 is 14.8 Å². The number of nitrogens with one attached hydrogen (secondary N) is 1. The third-order valence-corrected chi connectivity index (χ3v) is 4.06. The largest absolute Gasteiger partial charge is 0.481 e. The summed E-state index contributed by atoms with van der Waals surface area (Å²) in [6.45, 7) is 2.00. The summed E-state index contributed by atoms with van der Waals surface area (Å²) in [5.74, 6) is 4.16. The lowest BCUT2D eigenvalue weighted by Gasteiger charge is -2.20. The van der Waals surface area contributed by atoms with Crippen LogP contribution in [0.2, 0.25) is 0 Å². The van der Waals surface area contributed by atoms with Crippen molar-refractivity contribution in [2.45, 2.75) is 38.0 Å². The molecule has 1 aliphatic heterocycles. The number of para-hydroxylation sites is 1. The Hall–Kier alpha value is -1.50. The standard InChI is InChI=1S/C17H21NO2/c1-2-10-19-16-6-4-3-5-14(16)12-18-15-9-11-20-17(15)13-7-8-13/h1,3-6,13,15,17-18H,7-12H2. The van der Waals surface area contributed by atoms with Gasteiger partial charge in [0.05, 0.1) is 6.10 Å². The lowest BCUT2D eigenvalue weighted by molar-refractivity contribution is 0.0808. The number of benzene rings is 1. The second-order valence-corrected chi connectivity index (χ2v) is 5.55. The minimum Gasteiger partial charge on any atom is -0.481 e. The molecule has 0 radical (unpaired) electrons. The summed E-state index contributed by atoms with van der Waals surface area (Å²) in [4.78, 5) is 0. The van der Waals surface area contributed by atoms with E-state index in [1.807, 2.05) is 18.2 Å². The Kier molecular flexibility index (Phi) is 4.25. The molecule has 2 atom stereocenters. The van der Waals surface area contributed by atoms with Gasteiger partial charge in [-0.15, -0.1) is 6.42 Å². The van der Waals surface area contributed by atoms with Crippen LogP contribution in [-0.2, 0) is 11.3 Å². The van der Waals surface area contributed by atoms with E-state index < -0.39 is 0 Å². The van der Waals surface area contributed by atoms with E-state index in [4.69, 9.17) is 15.9 Å². The number of hydrogen-bond donors (Lipinski definition) is 1. The topological polar surface area (TPSA) is 30.5 Å². The van der Waals surface area contributed by atoms with Crippen molar-refractivity contribution in [3.05, 3.63) is 29.8 Å². The van der Waals surface area contributed by atoms with Crippen LogP contribution in [0.4, 0.5) is 0 Å². The highest BCUT2D eigenvalue weighted by molar-refractivity contribution is 5.33. The first kappa shape index (κ1) is 13.5. The van der Waals surface area contributed by atoms with Gasteiger partial charge in [-0.25, -0.2) is 0 Å². The molecule has 3 nitrogen and oxygen atoms in total. The molecule has 0 amide bonds. The van der Waals surface area contributed by atoms with Crippen LogP contribution < -0.4 is 10.1 Å². The van der Waals surface area contributed by atoms with E-state index in [9.17, 15) is 0 Å². The highest BCUT2D eigenvalue weighted by Crippen LogP contribution is 2.38. The molecule has 20 heavy (non-hydrogen) atoms. The molecule has 106 valence electrons. The summed E-state index contributed by atoms with van der Waals surface area (Å²) in [5, 5.41) is 3.63. The van der Waals surface area contributed by atoms with Crippen molar-refractivity contribution >= 4 is 0 Å². The molecule has 1 saturated heterocycles. The maximum Gasteiger partial charge on any atom is 0.148 e. The molecule has 1 heterocycles. The molecule has 2 fully saturated rings. The Bertz CT molecular complexity index is 490. The molecule has 2 aliphatic rings. The second-order valence-electron chi connectivity index (χ2n) is 5.55. The highest BCUT2D eigenvalue weighted by Gasteiger charge is 2.40. The van der Waals surface area contributed by atoms with Gasteiger partial charge in [-0.1, -0.05) is 24.1 Å². The first-order valence-corrected chi connectivity index (χ1v) is 7.37. The molecule has 0 spiro atoms. The third kappa shape index (κ3) is 3.15. The smallest absolute Gasteiger partial charge is 0.148 e. The highest BCUT2D eigenvalue weighted by atomic mass is 16.5. The van der Waals surface area contributed by atoms with E-state index in [2.05, 4.69) is 17.3 Å². The van der Waals surface area contributed by atoms with Crippen LogP contribution in [0, 0.1) is 18.3 Å². The first-order chi connectivity index (χ1) is 9.88. The fraction of sp³-hybridized carbons (Fsp3) is 0.529. The molecule has 1 saturated carbocycles. The Labute approximate surface area is 120 Å². The lowest BCUT2D eigenvalue weighted by atomic mass is 10.1. The van der Waals surface area contributed by atoms with E-state index in [-0.39, 0.29) is 0 Å². The van der Waals surface area contributed by atoms with Gasteiger partial charge in [0.15, 0.2) is 0 Å². The number of rotatable bonds is 6. The van der Waals surface area contributed by atoms with E-state index in [0.29, 0.717) is 18.8 Å². The minimum absolute atomic E-state index is 0.314. The molecule has 2 unspecified atom stereocenters. The van der Waals surface area contributed by atoms with Gasteiger partial charge in [0.1, 0.15) is 12.4 Å². The molecule has 0 bridgehead atoms. The zero-order chi connectivity index (χ0) is 13.8. The summed E-state index contributed by atoms with van der Waals surface area (Å²) in [6, 6.07) is 8.53. The van der Waals surface area contributed by atoms with Gasteiger partial charge >= 0.3 is 0 Å². The Morgan fingerprint density at radius 1 is 1.30 bits per heavy atom. The lowest BCUT2D eigenvalue weighted by Crippen LogP contribution is -2.37. The average molecular weight is 271 g/mol. The van der Waals surface area contributed by atoms with Crippen molar-refractivity contribution in [3.63, 3.8) is 0 Å². The predicted molar refractivity (Wildman–Crippen MR) is 78.5 cm³/mol. The summed E-state index contributed by atoms with van der Waals surface area (Å²) in [7, 11) is 0. The number of terminal acetylenes is 1. The Morgan fingerprint density at radius 2 is 2.15 bits per heavy atom. The van der Waals surface area contributed by atoms with Crippen molar-refractivity contribution in [1.29, 1.82) is 0 Å². The molecular formula is C17H21NO2. The minimum atomic E-state index is 0.314. The van der Waals surface area contributed by atoms with E-state index in [1.54, 1.807) is 0 Å². The molecule has 1 aromatic carbocycles. The summed E-state index contributed by atoms with van der Waals surface area (Å²) in [5.41, 5.74) is 1.16. The molecule has 0 aromatic heterocycles. The zero-order valence-corrected chi connectivity index (χ0v) is 11.7. The first-order valence-electron chi connectivity index (χ1n) is 7.37. The number of hydrogen-bond acceptors (Lipinski definition) is 3. The van der Waals surface area contributed by atoms with Gasteiger partial charge in [-0.3, -0.25) is 0 Å². The van der Waals surface area contributed by atoms with Gasteiger partial charge in [0, 0.05) is 24.8 Å². The summed E-state index contributed by atoms with van der Waals surface area (Å²) in [6.07, 6.45) is 9.42. The van der Waals surface area contributed by atoms with Gasteiger partial charge in [-0.05, 0) is 31.2 Å². The molecule has 1 aromatic rings. The van der Waals surface area contributed by atoms with Crippen molar-refractivity contribution in [2.75, 3.05) is 13.2 Å². The van der Waals surface area contributed by atoms with Crippen LogP contribution in [0.5, 0.6) is 5.75 Å². The van der Waals surface area contributed by atoms with Crippen molar-refractivity contribution < 1.29 is 9.47 Å². The fourth-order valence-electron chi connectivity index (χ4n) is 2.87. The monoisotopic (exact) mass is 271 g/mol.